The van der Waals surface area contributed by atoms with Crippen molar-refractivity contribution in [3.8, 4) is 17.4 Å². The predicted molar refractivity (Wildman–Crippen MR) is 123 cm³/mol. The van der Waals surface area contributed by atoms with Crippen molar-refractivity contribution < 1.29 is 26.8 Å². The van der Waals surface area contributed by atoms with Crippen LogP contribution in [-0.2, 0) is 20.9 Å². The molecule has 0 aliphatic heterocycles. The Hall–Kier alpha value is -3.97. The number of aromatic amines is 1. The van der Waals surface area contributed by atoms with Crippen LogP contribution in [-0.4, -0.2) is 60.1 Å². The molecule has 0 bridgehead atoms. The summed E-state index contributed by atoms with van der Waals surface area (Å²) in [6.45, 7) is 0.119. The van der Waals surface area contributed by atoms with Gasteiger partial charge in [-0.25, -0.2) is 9.97 Å². The minimum atomic E-state index is -3.56. The number of anilines is 2. The second kappa shape index (κ2) is 10.3. The third kappa shape index (κ3) is 5.88. The van der Waals surface area contributed by atoms with Gasteiger partial charge < -0.3 is 19.5 Å². The topological polar surface area (TPSA) is 150 Å². The van der Waals surface area contributed by atoms with Crippen molar-refractivity contribution in [3.63, 3.8) is 0 Å². The van der Waals surface area contributed by atoms with Crippen LogP contribution in [0.15, 0.2) is 48.9 Å². The van der Waals surface area contributed by atoms with E-state index in [0.717, 1.165) is 11.9 Å². The molecule has 0 fully saturated rings. The van der Waals surface area contributed by atoms with Gasteiger partial charge in [0, 0.05) is 18.0 Å². The van der Waals surface area contributed by atoms with Crippen LogP contribution in [0, 0.1) is 0 Å². The lowest BCUT2D eigenvalue weighted by Crippen LogP contribution is -2.11. The van der Waals surface area contributed by atoms with Gasteiger partial charge in [-0.05, 0) is 24.3 Å². The molecule has 0 spiro atoms. The second-order valence-electron chi connectivity index (χ2n) is 6.95. The standard InChI is InChI=1S/C21H22N6O6S/c1-30-17-11-14(6-7-16(17)32-12-15-5-3-4-8-22-15)25-19-18-20(24-13-23-19)26-27-21(18)31-9-10-33-34(2,28)29/h3-8,11,13H,9-10,12H2,1-2H3,(H2,23,24,25,26,27). The third-order valence-electron chi connectivity index (χ3n) is 4.47. The highest BCUT2D eigenvalue weighted by molar-refractivity contribution is 7.85. The lowest BCUT2D eigenvalue weighted by atomic mass is 10.2. The van der Waals surface area contributed by atoms with E-state index in [1.807, 2.05) is 24.3 Å². The zero-order valence-corrected chi connectivity index (χ0v) is 19.2. The van der Waals surface area contributed by atoms with Gasteiger partial charge in [0.25, 0.3) is 10.1 Å². The van der Waals surface area contributed by atoms with Gasteiger partial charge in [0.2, 0.25) is 5.88 Å². The summed E-state index contributed by atoms with van der Waals surface area (Å²) < 4.78 is 43.8. The molecule has 0 amide bonds. The van der Waals surface area contributed by atoms with E-state index in [1.54, 1.807) is 25.4 Å². The van der Waals surface area contributed by atoms with Crippen molar-refractivity contribution in [2.75, 3.05) is 31.9 Å². The molecule has 0 saturated carbocycles. The summed E-state index contributed by atoms with van der Waals surface area (Å²) in [6.07, 6.45) is 4.05. The summed E-state index contributed by atoms with van der Waals surface area (Å²) in [7, 11) is -2.01. The number of benzene rings is 1. The number of hydrogen-bond donors (Lipinski definition) is 2. The maximum Gasteiger partial charge on any atom is 0.264 e. The maximum absolute atomic E-state index is 11.1. The number of ether oxygens (including phenoxy) is 3. The third-order valence-corrected chi connectivity index (χ3v) is 5.07. The number of hydrogen-bond acceptors (Lipinski definition) is 11. The lowest BCUT2D eigenvalue weighted by Gasteiger charge is -2.13. The van der Waals surface area contributed by atoms with Crippen molar-refractivity contribution >= 4 is 32.7 Å². The van der Waals surface area contributed by atoms with Gasteiger partial charge in [0.1, 0.15) is 37.4 Å². The first-order valence-corrected chi connectivity index (χ1v) is 11.9. The van der Waals surface area contributed by atoms with Crippen LogP contribution in [0.4, 0.5) is 11.5 Å². The molecule has 0 aliphatic carbocycles. The Labute approximate surface area is 195 Å². The van der Waals surface area contributed by atoms with E-state index < -0.39 is 10.1 Å². The number of H-pyrrole nitrogens is 1. The zero-order chi connectivity index (χ0) is 24.0. The maximum atomic E-state index is 11.1. The smallest absolute Gasteiger partial charge is 0.264 e. The van der Waals surface area contributed by atoms with E-state index in [4.69, 9.17) is 14.2 Å². The highest BCUT2D eigenvalue weighted by Gasteiger charge is 2.16. The monoisotopic (exact) mass is 486 g/mol. The molecule has 12 nitrogen and oxygen atoms in total. The summed E-state index contributed by atoms with van der Waals surface area (Å²) in [5.74, 6) is 1.72. The fraction of sp³-hybridized carbons (Fsp3) is 0.238. The van der Waals surface area contributed by atoms with Crippen LogP contribution in [0.25, 0.3) is 11.0 Å². The zero-order valence-electron chi connectivity index (χ0n) is 18.4. The Kier molecular flexibility index (Phi) is 7.04. The first-order chi connectivity index (χ1) is 16.4. The van der Waals surface area contributed by atoms with E-state index in [0.29, 0.717) is 40.6 Å². The van der Waals surface area contributed by atoms with E-state index in [-0.39, 0.29) is 19.1 Å². The van der Waals surface area contributed by atoms with E-state index in [1.165, 1.54) is 6.33 Å². The second-order valence-corrected chi connectivity index (χ2v) is 8.59. The molecule has 1 aromatic carbocycles. The highest BCUT2D eigenvalue weighted by atomic mass is 32.2. The minimum absolute atomic E-state index is 0.0303. The number of rotatable bonds is 11. The van der Waals surface area contributed by atoms with Crippen LogP contribution in [0.1, 0.15) is 5.69 Å². The van der Waals surface area contributed by atoms with E-state index in [2.05, 4.69) is 34.6 Å². The molecule has 2 N–H and O–H groups in total. The number of pyridine rings is 1. The van der Waals surface area contributed by atoms with Gasteiger partial charge in [-0.1, -0.05) is 6.07 Å². The van der Waals surface area contributed by atoms with Crippen LogP contribution in [0.5, 0.6) is 17.4 Å². The first-order valence-electron chi connectivity index (χ1n) is 10.1. The Bertz CT molecular complexity index is 1360. The van der Waals surface area contributed by atoms with Gasteiger partial charge in [0.15, 0.2) is 17.1 Å². The van der Waals surface area contributed by atoms with Crippen molar-refractivity contribution in [3.05, 3.63) is 54.6 Å². The van der Waals surface area contributed by atoms with Crippen LogP contribution in [0.2, 0.25) is 0 Å². The summed E-state index contributed by atoms with van der Waals surface area (Å²) in [4.78, 5) is 12.7. The normalized spacial score (nSPS) is 11.4. The molecule has 13 heteroatoms. The average Bonchev–Trinajstić information content (AvgIpc) is 3.25. The van der Waals surface area contributed by atoms with E-state index in [9.17, 15) is 8.42 Å². The van der Waals surface area contributed by atoms with Gasteiger partial charge in [-0.3, -0.25) is 14.3 Å². The van der Waals surface area contributed by atoms with Crippen molar-refractivity contribution in [2.24, 2.45) is 0 Å². The molecule has 0 unspecified atom stereocenters. The largest absolute Gasteiger partial charge is 0.493 e. The number of aromatic nitrogens is 5. The molecule has 0 saturated heterocycles. The first kappa shape index (κ1) is 23.2. The number of nitrogens with zero attached hydrogens (tertiary/aromatic N) is 4. The molecule has 0 aliphatic rings. The predicted octanol–water partition coefficient (Wildman–Crippen LogP) is 2.43. The Morgan fingerprint density at radius 2 is 1.91 bits per heavy atom. The minimum Gasteiger partial charge on any atom is -0.493 e. The number of nitrogens with one attached hydrogen (secondary N) is 2. The molecular weight excluding hydrogens is 464 g/mol. The summed E-state index contributed by atoms with van der Waals surface area (Å²) in [5, 5.41) is 10.5. The average molecular weight is 487 g/mol. The summed E-state index contributed by atoms with van der Waals surface area (Å²) in [6, 6.07) is 11.0. The molecule has 178 valence electrons. The summed E-state index contributed by atoms with van der Waals surface area (Å²) in [5.41, 5.74) is 1.91. The fourth-order valence-electron chi connectivity index (χ4n) is 2.99. The van der Waals surface area contributed by atoms with Crippen LogP contribution < -0.4 is 19.5 Å². The van der Waals surface area contributed by atoms with Gasteiger partial charge >= 0.3 is 0 Å². The van der Waals surface area contributed by atoms with Crippen LogP contribution >= 0.6 is 0 Å². The highest BCUT2D eigenvalue weighted by Crippen LogP contribution is 2.34. The Balaban J connectivity index is 1.49. The number of fused-ring (bicyclic) bond motifs is 1. The molecule has 4 rings (SSSR count). The lowest BCUT2D eigenvalue weighted by molar-refractivity contribution is 0.218. The quantitative estimate of drug-likeness (QED) is 0.238. The Morgan fingerprint density at radius 3 is 2.68 bits per heavy atom. The van der Waals surface area contributed by atoms with Gasteiger partial charge in [0.05, 0.1) is 19.1 Å². The molecule has 4 aromatic rings. The van der Waals surface area contributed by atoms with Gasteiger partial charge in [-0.15, -0.1) is 5.10 Å². The number of methoxy groups -OCH3 is 1. The van der Waals surface area contributed by atoms with E-state index >= 15 is 0 Å². The van der Waals surface area contributed by atoms with Gasteiger partial charge in [-0.2, -0.15) is 8.42 Å². The van der Waals surface area contributed by atoms with Crippen molar-refractivity contribution in [2.45, 2.75) is 6.61 Å². The molecule has 0 atom stereocenters. The van der Waals surface area contributed by atoms with Crippen molar-refractivity contribution in [1.82, 2.24) is 25.1 Å². The summed E-state index contributed by atoms with van der Waals surface area (Å²) >= 11 is 0. The molecule has 34 heavy (non-hydrogen) atoms. The van der Waals surface area contributed by atoms with Crippen LogP contribution in [0.3, 0.4) is 0 Å². The fourth-order valence-corrected chi connectivity index (χ4v) is 3.36. The molecule has 3 heterocycles. The SMILES string of the molecule is COc1cc(Nc2ncnc3[nH]nc(OCCOS(C)(=O)=O)c23)ccc1OCc1ccccn1. The molecule has 3 aromatic heterocycles. The molecular formula is C21H22N6O6S. The Morgan fingerprint density at radius 1 is 1.03 bits per heavy atom. The molecule has 0 radical (unpaired) electrons. The van der Waals surface area contributed by atoms with Crippen molar-refractivity contribution in [1.29, 1.82) is 0 Å².